The van der Waals surface area contributed by atoms with Crippen LogP contribution in [0.1, 0.15) is 16.1 Å². The van der Waals surface area contributed by atoms with Crippen molar-refractivity contribution in [2.75, 3.05) is 5.73 Å². The highest BCUT2D eigenvalue weighted by Gasteiger charge is 2.11. The van der Waals surface area contributed by atoms with Gasteiger partial charge < -0.3 is 10.5 Å². The average molecular weight is 263 g/mol. The molecule has 0 spiro atoms. The molecular formula is C13H11ClN2O2. The number of benzene rings is 1. The first-order chi connectivity index (χ1) is 8.66. The zero-order chi connectivity index (χ0) is 13.0. The molecule has 4 nitrogen and oxygen atoms in total. The molecule has 92 valence electrons. The third kappa shape index (κ3) is 2.99. The fourth-order valence-corrected chi connectivity index (χ4v) is 1.60. The zero-order valence-electron chi connectivity index (χ0n) is 9.47. The molecule has 2 aromatic rings. The number of aromatic nitrogens is 1. The molecule has 0 amide bonds. The van der Waals surface area contributed by atoms with Crippen LogP contribution in [0.4, 0.5) is 5.69 Å². The number of hydrogen-bond donors (Lipinski definition) is 1. The van der Waals surface area contributed by atoms with Gasteiger partial charge in [0, 0.05) is 16.9 Å². The summed E-state index contributed by atoms with van der Waals surface area (Å²) in [6.45, 7) is 0.113. The number of anilines is 1. The standard InChI is InChI=1S/C13H11ClN2O2/c14-9-4-5-11(12(15)7-9)13(17)18-8-10-3-1-2-6-16-10/h1-7H,8,15H2. The Hall–Kier alpha value is -2.07. The van der Waals surface area contributed by atoms with Gasteiger partial charge in [0.15, 0.2) is 0 Å². The number of esters is 1. The predicted octanol–water partition coefficient (Wildman–Crippen LogP) is 2.67. The molecule has 0 atom stereocenters. The molecule has 0 aliphatic carbocycles. The summed E-state index contributed by atoms with van der Waals surface area (Å²) < 4.78 is 5.11. The lowest BCUT2D eigenvalue weighted by molar-refractivity contribution is 0.0469. The second-order valence-electron chi connectivity index (χ2n) is 3.63. The lowest BCUT2D eigenvalue weighted by atomic mass is 10.2. The van der Waals surface area contributed by atoms with Crippen LogP contribution in [0.5, 0.6) is 0 Å². The number of carbonyl (C=O) groups excluding carboxylic acids is 1. The van der Waals surface area contributed by atoms with Gasteiger partial charge in [0.05, 0.1) is 11.3 Å². The Balaban J connectivity index is 2.04. The van der Waals surface area contributed by atoms with Crippen LogP contribution in [0, 0.1) is 0 Å². The molecule has 2 N–H and O–H groups in total. The van der Waals surface area contributed by atoms with Gasteiger partial charge in [-0.1, -0.05) is 17.7 Å². The van der Waals surface area contributed by atoms with Crippen molar-refractivity contribution in [2.24, 2.45) is 0 Å². The van der Waals surface area contributed by atoms with E-state index in [1.165, 1.54) is 6.07 Å². The van der Waals surface area contributed by atoms with Gasteiger partial charge in [-0.05, 0) is 30.3 Å². The lowest BCUT2D eigenvalue weighted by Crippen LogP contribution is -2.08. The largest absolute Gasteiger partial charge is 0.456 e. The van der Waals surface area contributed by atoms with Crippen molar-refractivity contribution >= 4 is 23.3 Å². The molecule has 0 radical (unpaired) electrons. The molecular weight excluding hydrogens is 252 g/mol. The molecule has 2 rings (SSSR count). The highest BCUT2D eigenvalue weighted by atomic mass is 35.5. The molecule has 5 heteroatoms. The van der Waals surface area contributed by atoms with E-state index >= 15 is 0 Å². The van der Waals surface area contributed by atoms with E-state index in [9.17, 15) is 4.79 Å². The van der Waals surface area contributed by atoms with E-state index in [2.05, 4.69) is 4.98 Å². The Labute approximate surface area is 109 Å². The van der Waals surface area contributed by atoms with Gasteiger partial charge in [-0.25, -0.2) is 4.79 Å². The number of carbonyl (C=O) groups is 1. The minimum atomic E-state index is -0.491. The second kappa shape index (κ2) is 5.51. The van der Waals surface area contributed by atoms with Crippen LogP contribution >= 0.6 is 11.6 Å². The number of nitrogen functional groups attached to an aromatic ring is 1. The summed E-state index contributed by atoms with van der Waals surface area (Å²) in [4.78, 5) is 15.8. The highest BCUT2D eigenvalue weighted by Crippen LogP contribution is 2.19. The fraction of sp³-hybridized carbons (Fsp3) is 0.0769. The maximum atomic E-state index is 11.8. The van der Waals surface area contributed by atoms with Gasteiger partial charge in [-0.3, -0.25) is 4.98 Å². The number of nitrogens with zero attached hydrogens (tertiary/aromatic N) is 1. The minimum Gasteiger partial charge on any atom is -0.456 e. The molecule has 0 saturated carbocycles. The molecule has 0 fully saturated rings. The molecule has 0 aliphatic heterocycles. The monoisotopic (exact) mass is 262 g/mol. The maximum absolute atomic E-state index is 11.8. The third-order valence-corrected chi connectivity index (χ3v) is 2.55. The third-order valence-electron chi connectivity index (χ3n) is 2.31. The highest BCUT2D eigenvalue weighted by molar-refractivity contribution is 6.31. The Morgan fingerprint density at radius 3 is 2.83 bits per heavy atom. The van der Waals surface area contributed by atoms with E-state index in [1.54, 1.807) is 30.5 Å². The SMILES string of the molecule is Nc1cc(Cl)ccc1C(=O)OCc1ccccn1. The number of nitrogens with two attached hydrogens (primary N) is 1. The maximum Gasteiger partial charge on any atom is 0.340 e. The molecule has 18 heavy (non-hydrogen) atoms. The smallest absolute Gasteiger partial charge is 0.340 e. The molecule has 0 aliphatic rings. The van der Waals surface area contributed by atoms with Crippen LogP contribution in [0.2, 0.25) is 5.02 Å². The number of halogens is 1. The molecule has 0 bridgehead atoms. The van der Waals surface area contributed by atoms with Crippen molar-refractivity contribution in [1.82, 2.24) is 4.98 Å². The van der Waals surface area contributed by atoms with Crippen molar-refractivity contribution in [2.45, 2.75) is 6.61 Å². The van der Waals surface area contributed by atoms with Crippen LogP contribution < -0.4 is 5.73 Å². The summed E-state index contributed by atoms with van der Waals surface area (Å²) in [7, 11) is 0. The average Bonchev–Trinajstić information content (AvgIpc) is 2.37. The number of ether oxygens (including phenoxy) is 1. The van der Waals surface area contributed by atoms with Crippen LogP contribution in [0.15, 0.2) is 42.6 Å². The first-order valence-electron chi connectivity index (χ1n) is 5.29. The summed E-state index contributed by atoms with van der Waals surface area (Å²) in [6.07, 6.45) is 1.64. The van der Waals surface area contributed by atoms with Gasteiger partial charge >= 0.3 is 5.97 Å². The quantitative estimate of drug-likeness (QED) is 0.682. The van der Waals surface area contributed by atoms with Crippen molar-refractivity contribution in [3.63, 3.8) is 0 Å². The minimum absolute atomic E-state index is 0.113. The zero-order valence-corrected chi connectivity index (χ0v) is 10.2. The van der Waals surface area contributed by atoms with E-state index < -0.39 is 5.97 Å². The van der Waals surface area contributed by atoms with Crippen LogP contribution in [-0.4, -0.2) is 11.0 Å². The molecule has 1 aromatic carbocycles. The molecule has 1 heterocycles. The van der Waals surface area contributed by atoms with Crippen molar-refractivity contribution in [3.05, 3.63) is 58.9 Å². The van der Waals surface area contributed by atoms with Crippen LogP contribution in [-0.2, 0) is 11.3 Å². The Kier molecular flexibility index (Phi) is 3.79. The van der Waals surface area contributed by atoms with Crippen molar-refractivity contribution in [3.8, 4) is 0 Å². The number of pyridine rings is 1. The summed E-state index contributed by atoms with van der Waals surface area (Å²) in [5.74, 6) is -0.491. The topological polar surface area (TPSA) is 65.2 Å². The summed E-state index contributed by atoms with van der Waals surface area (Å²) in [5.41, 5.74) is 6.97. The van der Waals surface area contributed by atoms with Gasteiger partial charge in [-0.2, -0.15) is 0 Å². The number of hydrogen-bond acceptors (Lipinski definition) is 4. The lowest BCUT2D eigenvalue weighted by Gasteiger charge is -2.06. The first-order valence-corrected chi connectivity index (χ1v) is 5.66. The first kappa shape index (κ1) is 12.4. The van der Waals surface area contributed by atoms with E-state index in [4.69, 9.17) is 22.1 Å². The molecule has 1 aromatic heterocycles. The van der Waals surface area contributed by atoms with Gasteiger partial charge in [0.1, 0.15) is 6.61 Å². The predicted molar refractivity (Wildman–Crippen MR) is 69.2 cm³/mol. The Bertz CT molecular complexity index is 558. The van der Waals surface area contributed by atoms with Crippen molar-refractivity contribution in [1.29, 1.82) is 0 Å². The van der Waals surface area contributed by atoms with E-state index in [0.717, 1.165) is 0 Å². The number of rotatable bonds is 3. The normalized spacial score (nSPS) is 10.1. The van der Waals surface area contributed by atoms with E-state index in [1.807, 2.05) is 6.07 Å². The summed E-state index contributed by atoms with van der Waals surface area (Å²) in [6, 6.07) is 10.0. The molecule has 0 saturated heterocycles. The second-order valence-corrected chi connectivity index (χ2v) is 4.07. The van der Waals surface area contributed by atoms with E-state index in [0.29, 0.717) is 22.0 Å². The van der Waals surface area contributed by atoms with Crippen molar-refractivity contribution < 1.29 is 9.53 Å². The van der Waals surface area contributed by atoms with Gasteiger partial charge in [0.2, 0.25) is 0 Å². The van der Waals surface area contributed by atoms with Crippen LogP contribution in [0.3, 0.4) is 0 Å². The summed E-state index contributed by atoms with van der Waals surface area (Å²) >= 11 is 5.75. The van der Waals surface area contributed by atoms with E-state index in [-0.39, 0.29) is 6.61 Å². The van der Waals surface area contributed by atoms with Crippen LogP contribution in [0.25, 0.3) is 0 Å². The molecule has 0 unspecified atom stereocenters. The Morgan fingerprint density at radius 2 is 2.17 bits per heavy atom. The fourth-order valence-electron chi connectivity index (χ4n) is 1.42. The summed E-state index contributed by atoms with van der Waals surface area (Å²) in [5, 5.41) is 0.480. The van der Waals surface area contributed by atoms with Gasteiger partial charge in [-0.15, -0.1) is 0 Å². The van der Waals surface area contributed by atoms with Gasteiger partial charge in [0.25, 0.3) is 0 Å². The Morgan fingerprint density at radius 1 is 1.33 bits per heavy atom.